The maximum Gasteiger partial charge on any atom is 0.303 e. The minimum absolute atomic E-state index is 0.0256. The molecular formula is C33H50O8. The molecular weight excluding hydrogens is 524 g/mol. The van der Waals surface area contributed by atoms with Crippen molar-refractivity contribution in [3.63, 3.8) is 0 Å². The van der Waals surface area contributed by atoms with Crippen LogP contribution in [0.5, 0.6) is 0 Å². The quantitative estimate of drug-likeness (QED) is 0.257. The van der Waals surface area contributed by atoms with Gasteiger partial charge in [0.2, 0.25) is 0 Å². The van der Waals surface area contributed by atoms with E-state index in [9.17, 15) is 19.5 Å². The molecule has 8 nitrogen and oxygen atoms in total. The molecule has 5 rings (SSSR count). The molecule has 0 aromatic heterocycles. The Labute approximate surface area is 244 Å². The molecule has 4 aliphatic carbocycles. The Hall–Kier alpha value is -1.93. The lowest BCUT2D eigenvalue weighted by molar-refractivity contribution is -0.226. The van der Waals surface area contributed by atoms with Crippen molar-refractivity contribution in [1.29, 1.82) is 0 Å². The number of aliphatic hydroxyl groups is 1. The highest BCUT2D eigenvalue weighted by molar-refractivity contribution is 5.67. The fourth-order valence-electron chi connectivity index (χ4n) is 10.8. The van der Waals surface area contributed by atoms with Crippen molar-refractivity contribution < 1.29 is 38.4 Å². The summed E-state index contributed by atoms with van der Waals surface area (Å²) in [5, 5.41) is 12.3. The van der Waals surface area contributed by atoms with Crippen molar-refractivity contribution in [2.45, 2.75) is 130 Å². The molecule has 4 saturated carbocycles. The molecule has 5 fully saturated rings. The predicted molar refractivity (Wildman–Crippen MR) is 151 cm³/mol. The molecule has 8 heteroatoms. The highest BCUT2D eigenvalue weighted by Gasteiger charge is 2.75. The van der Waals surface area contributed by atoms with Crippen LogP contribution in [0.15, 0.2) is 12.2 Å². The van der Waals surface area contributed by atoms with Crippen molar-refractivity contribution in [2.24, 2.45) is 46.3 Å². The summed E-state index contributed by atoms with van der Waals surface area (Å²) in [4.78, 5) is 36.2. The first-order chi connectivity index (χ1) is 19.1. The lowest BCUT2D eigenvalue weighted by Crippen LogP contribution is -2.60. The Balaban J connectivity index is 1.47. The highest BCUT2D eigenvalue weighted by Crippen LogP contribution is 2.72. The summed E-state index contributed by atoms with van der Waals surface area (Å²) in [5.74, 6) is -1.41. The van der Waals surface area contributed by atoms with E-state index in [4.69, 9.17) is 18.9 Å². The van der Waals surface area contributed by atoms with E-state index in [1.54, 1.807) is 0 Å². The molecule has 0 unspecified atom stereocenters. The number of hydrogen-bond donors (Lipinski definition) is 1. The van der Waals surface area contributed by atoms with E-state index in [2.05, 4.69) is 27.4 Å². The minimum Gasteiger partial charge on any atom is -0.463 e. The second-order valence-electron chi connectivity index (χ2n) is 14.6. The zero-order valence-electron chi connectivity index (χ0n) is 25.9. The molecule has 1 aliphatic heterocycles. The molecule has 1 saturated heterocycles. The summed E-state index contributed by atoms with van der Waals surface area (Å²) in [6, 6.07) is 0. The van der Waals surface area contributed by atoms with Crippen LogP contribution in [0.2, 0.25) is 0 Å². The molecule has 0 radical (unpaired) electrons. The van der Waals surface area contributed by atoms with Gasteiger partial charge in [0.1, 0.15) is 24.4 Å². The van der Waals surface area contributed by atoms with Crippen molar-refractivity contribution in [3.8, 4) is 0 Å². The van der Waals surface area contributed by atoms with Gasteiger partial charge < -0.3 is 24.1 Å². The van der Waals surface area contributed by atoms with Gasteiger partial charge >= 0.3 is 17.9 Å². The number of rotatable bonds is 6. The van der Waals surface area contributed by atoms with E-state index < -0.39 is 23.4 Å². The first kappa shape index (κ1) is 30.5. The second kappa shape index (κ2) is 10.7. The van der Waals surface area contributed by atoms with Crippen LogP contribution in [0.1, 0.15) is 99.8 Å². The highest BCUT2D eigenvalue weighted by atomic mass is 16.7. The monoisotopic (exact) mass is 574 g/mol. The van der Waals surface area contributed by atoms with Crippen molar-refractivity contribution in [2.75, 3.05) is 0 Å². The van der Waals surface area contributed by atoms with Gasteiger partial charge in [0.25, 0.3) is 0 Å². The van der Waals surface area contributed by atoms with E-state index in [1.165, 1.54) is 20.8 Å². The third-order valence-electron chi connectivity index (χ3n) is 12.1. The molecule has 0 spiro atoms. The Bertz CT molecular complexity index is 1070. The van der Waals surface area contributed by atoms with E-state index in [0.717, 1.165) is 44.1 Å². The van der Waals surface area contributed by atoms with Gasteiger partial charge in [-0.3, -0.25) is 14.4 Å². The molecule has 1 heterocycles. The van der Waals surface area contributed by atoms with Gasteiger partial charge in [-0.25, -0.2) is 0 Å². The molecule has 13 atom stereocenters. The Kier molecular flexibility index (Phi) is 7.93. The molecule has 0 amide bonds. The van der Waals surface area contributed by atoms with Gasteiger partial charge in [-0.05, 0) is 80.5 Å². The summed E-state index contributed by atoms with van der Waals surface area (Å²) >= 11 is 0. The summed E-state index contributed by atoms with van der Waals surface area (Å²) < 4.78 is 24.1. The first-order valence-electron chi connectivity index (χ1n) is 15.7. The first-order valence-corrected chi connectivity index (χ1v) is 15.7. The van der Waals surface area contributed by atoms with Crippen molar-refractivity contribution in [3.05, 3.63) is 12.2 Å². The van der Waals surface area contributed by atoms with Gasteiger partial charge in [-0.15, -0.1) is 0 Å². The number of ether oxygens (including phenoxy) is 4. The number of carbonyl (C=O) groups excluding carboxylic acids is 3. The molecule has 0 aromatic carbocycles. The summed E-state index contributed by atoms with van der Waals surface area (Å²) in [6.45, 7) is 17.0. The fraction of sp³-hybridized carbons (Fsp3) is 0.848. The smallest absolute Gasteiger partial charge is 0.303 e. The van der Waals surface area contributed by atoms with Crippen molar-refractivity contribution in [1.82, 2.24) is 0 Å². The van der Waals surface area contributed by atoms with Crippen LogP contribution >= 0.6 is 0 Å². The minimum atomic E-state index is -1.39. The summed E-state index contributed by atoms with van der Waals surface area (Å²) in [7, 11) is 0. The van der Waals surface area contributed by atoms with Crippen LogP contribution in [0.3, 0.4) is 0 Å². The van der Waals surface area contributed by atoms with Crippen LogP contribution in [-0.4, -0.2) is 53.2 Å². The Morgan fingerprint density at radius 2 is 1.66 bits per heavy atom. The van der Waals surface area contributed by atoms with Gasteiger partial charge in [0.05, 0.1) is 0 Å². The largest absolute Gasteiger partial charge is 0.463 e. The Morgan fingerprint density at radius 3 is 2.27 bits per heavy atom. The molecule has 41 heavy (non-hydrogen) atoms. The zero-order chi connectivity index (χ0) is 30.1. The lowest BCUT2D eigenvalue weighted by Gasteiger charge is -2.62. The molecule has 0 bridgehead atoms. The van der Waals surface area contributed by atoms with Crippen LogP contribution in [0.25, 0.3) is 0 Å². The number of carbonyl (C=O) groups is 3. The normalized spacial score (nSPS) is 47.2. The van der Waals surface area contributed by atoms with Gasteiger partial charge in [-0.1, -0.05) is 32.9 Å². The molecule has 0 aromatic rings. The van der Waals surface area contributed by atoms with E-state index >= 15 is 0 Å². The molecule has 230 valence electrons. The predicted octanol–water partition coefficient (Wildman–Crippen LogP) is 5.35. The van der Waals surface area contributed by atoms with Gasteiger partial charge in [0, 0.05) is 44.9 Å². The molecule has 1 N–H and O–H groups in total. The number of esters is 3. The molecule has 5 aliphatic rings. The summed E-state index contributed by atoms with van der Waals surface area (Å²) in [5.41, 5.74) is 0.445. The maximum atomic E-state index is 12.5. The average molecular weight is 575 g/mol. The van der Waals surface area contributed by atoms with E-state index in [1.807, 2.05) is 6.92 Å². The standard InChI is InChI=1S/C33H50O8/c1-17(2)13-27(39-20(5)35)29-18(3)30-32(8)26(16-33(30,37)41-29)24-10-9-22-14-23(38-19(4)34)11-12-31(22,7)25(24)15-28(32)40-21(6)36/h18,22-30,37H,1,9-16H2,2-8H3/t18-,22+,23+,24-,25+,26+,27-,28-,29+,30-,31+,32-,33+/m1/s1. The SMILES string of the molecule is C=C(C)C[C@@H](OC(C)=O)[C@H]1O[C@@]2(O)C[C@H]3[C@@H]4CC[C@H]5C[C@@H](OC(C)=O)CC[C@]5(C)[C@H]4C[C@@H](OC(C)=O)[C@]3(C)[C@H]2[C@@H]1C. The Morgan fingerprint density at radius 1 is 0.976 bits per heavy atom. The fourth-order valence-corrected chi connectivity index (χ4v) is 10.8. The van der Waals surface area contributed by atoms with Gasteiger partial charge in [0.15, 0.2) is 5.79 Å². The summed E-state index contributed by atoms with van der Waals surface area (Å²) in [6.07, 6.45) is 5.10. The third kappa shape index (κ3) is 5.05. The topological polar surface area (TPSA) is 108 Å². The van der Waals surface area contributed by atoms with Crippen LogP contribution in [0.4, 0.5) is 0 Å². The zero-order valence-corrected chi connectivity index (χ0v) is 25.9. The number of hydrogen-bond acceptors (Lipinski definition) is 8. The average Bonchev–Trinajstić information content (AvgIpc) is 3.25. The van der Waals surface area contributed by atoms with E-state index in [0.29, 0.717) is 30.6 Å². The third-order valence-corrected chi connectivity index (χ3v) is 12.1. The van der Waals surface area contributed by atoms with Crippen LogP contribution in [0, 0.1) is 46.3 Å². The number of fused-ring (bicyclic) bond motifs is 7. The lowest BCUT2D eigenvalue weighted by atomic mass is 9.43. The van der Waals surface area contributed by atoms with Crippen molar-refractivity contribution >= 4 is 17.9 Å². The van der Waals surface area contributed by atoms with E-state index in [-0.39, 0.29) is 53.3 Å². The van der Waals surface area contributed by atoms with Gasteiger partial charge in [-0.2, -0.15) is 0 Å². The van der Waals surface area contributed by atoms with Crippen LogP contribution < -0.4 is 0 Å². The maximum absolute atomic E-state index is 12.5. The second-order valence-corrected chi connectivity index (χ2v) is 14.6. The van der Waals surface area contributed by atoms with Crippen LogP contribution in [-0.2, 0) is 33.3 Å².